The van der Waals surface area contributed by atoms with Crippen LogP contribution in [0.2, 0.25) is 0 Å². The van der Waals surface area contributed by atoms with Crippen molar-refractivity contribution in [1.82, 2.24) is 10.3 Å². The van der Waals surface area contributed by atoms with Gasteiger partial charge >= 0.3 is 0 Å². The molecule has 0 bridgehead atoms. The number of nitrogens with one attached hydrogen (secondary N) is 1. The van der Waals surface area contributed by atoms with Crippen LogP contribution in [0, 0.1) is 0 Å². The van der Waals surface area contributed by atoms with E-state index >= 15 is 0 Å². The number of halogens is 1. The van der Waals surface area contributed by atoms with E-state index in [-0.39, 0.29) is 5.91 Å². The van der Waals surface area contributed by atoms with E-state index in [2.05, 4.69) is 31.1 Å². The fourth-order valence-electron chi connectivity index (χ4n) is 1.57. The second kappa shape index (κ2) is 4.61. The standard InChI is InChI=1S/C10H12BrN3O/c11-8-2-1-3-9(13-8)14-6-4-10(15)12-5-7-14/h1-3H,4-7H2,(H,12,15). The molecule has 0 radical (unpaired) electrons. The molecule has 0 atom stereocenters. The lowest BCUT2D eigenvalue weighted by molar-refractivity contribution is -0.120. The van der Waals surface area contributed by atoms with Crippen LogP contribution < -0.4 is 10.2 Å². The van der Waals surface area contributed by atoms with Gasteiger partial charge in [0, 0.05) is 26.1 Å². The minimum atomic E-state index is 0.118. The summed E-state index contributed by atoms with van der Waals surface area (Å²) in [7, 11) is 0. The van der Waals surface area contributed by atoms with Crippen LogP contribution in [0.5, 0.6) is 0 Å². The summed E-state index contributed by atoms with van der Waals surface area (Å²) in [6.07, 6.45) is 0.536. The Kier molecular flexibility index (Phi) is 3.20. The Labute approximate surface area is 96.8 Å². The lowest BCUT2D eigenvalue weighted by Gasteiger charge is -2.20. The molecule has 1 aromatic rings. The summed E-state index contributed by atoms with van der Waals surface area (Å²) in [6, 6.07) is 5.80. The van der Waals surface area contributed by atoms with Crippen molar-refractivity contribution >= 4 is 27.7 Å². The summed E-state index contributed by atoms with van der Waals surface area (Å²) in [5.74, 6) is 1.04. The van der Waals surface area contributed by atoms with Gasteiger partial charge in [-0.2, -0.15) is 0 Å². The molecule has 80 valence electrons. The van der Waals surface area contributed by atoms with Gasteiger partial charge in [0.2, 0.25) is 5.91 Å². The van der Waals surface area contributed by atoms with Crippen LogP contribution in [-0.4, -0.2) is 30.5 Å². The maximum absolute atomic E-state index is 11.2. The van der Waals surface area contributed by atoms with Gasteiger partial charge < -0.3 is 10.2 Å². The van der Waals surface area contributed by atoms with Crippen molar-refractivity contribution in [2.45, 2.75) is 6.42 Å². The minimum Gasteiger partial charge on any atom is -0.354 e. The normalized spacial score (nSPS) is 17.1. The second-order valence-electron chi connectivity index (χ2n) is 3.41. The Bertz CT molecular complexity index is 369. The summed E-state index contributed by atoms with van der Waals surface area (Å²) in [6.45, 7) is 2.23. The lowest BCUT2D eigenvalue weighted by Crippen LogP contribution is -2.28. The highest BCUT2D eigenvalue weighted by Gasteiger charge is 2.14. The first kappa shape index (κ1) is 10.4. The van der Waals surface area contributed by atoms with Gasteiger partial charge in [-0.05, 0) is 28.1 Å². The number of pyridine rings is 1. The zero-order valence-corrected chi connectivity index (χ0v) is 9.83. The molecule has 2 rings (SSSR count). The Hall–Kier alpha value is -1.10. The topological polar surface area (TPSA) is 45.2 Å². The largest absolute Gasteiger partial charge is 0.354 e. The predicted octanol–water partition coefficient (Wildman–Crippen LogP) is 1.17. The number of carbonyl (C=O) groups is 1. The molecule has 0 aliphatic carbocycles. The van der Waals surface area contributed by atoms with Crippen LogP contribution in [0.4, 0.5) is 5.82 Å². The Morgan fingerprint density at radius 3 is 3.07 bits per heavy atom. The van der Waals surface area contributed by atoms with E-state index in [0.717, 1.165) is 23.5 Å². The van der Waals surface area contributed by atoms with E-state index < -0.39 is 0 Å². The van der Waals surface area contributed by atoms with Crippen molar-refractivity contribution < 1.29 is 4.79 Å². The SMILES string of the molecule is O=C1CCN(c2cccc(Br)n2)CCN1. The summed E-state index contributed by atoms with van der Waals surface area (Å²) in [4.78, 5) is 17.6. The first-order chi connectivity index (χ1) is 7.25. The van der Waals surface area contributed by atoms with Gasteiger partial charge in [0.1, 0.15) is 10.4 Å². The maximum atomic E-state index is 11.2. The quantitative estimate of drug-likeness (QED) is 0.779. The number of nitrogens with zero attached hydrogens (tertiary/aromatic N) is 2. The van der Waals surface area contributed by atoms with Crippen molar-refractivity contribution in [3.63, 3.8) is 0 Å². The van der Waals surface area contributed by atoms with E-state index in [1.165, 1.54) is 0 Å². The third kappa shape index (κ3) is 2.68. The number of aromatic nitrogens is 1. The summed E-state index contributed by atoms with van der Waals surface area (Å²) < 4.78 is 0.823. The number of amides is 1. The zero-order valence-electron chi connectivity index (χ0n) is 8.24. The van der Waals surface area contributed by atoms with Crippen molar-refractivity contribution in [3.05, 3.63) is 22.8 Å². The highest BCUT2D eigenvalue weighted by atomic mass is 79.9. The second-order valence-corrected chi connectivity index (χ2v) is 4.22. The number of rotatable bonds is 1. The molecule has 0 unspecified atom stereocenters. The molecule has 0 saturated carbocycles. The van der Waals surface area contributed by atoms with E-state index in [9.17, 15) is 4.79 Å². The van der Waals surface area contributed by atoms with Crippen LogP contribution in [0.25, 0.3) is 0 Å². The predicted molar refractivity (Wildman–Crippen MR) is 61.8 cm³/mol. The molecule has 0 spiro atoms. The van der Waals surface area contributed by atoms with Crippen molar-refractivity contribution in [3.8, 4) is 0 Å². The molecule has 1 aliphatic heterocycles. The summed E-state index contributed by atoms with van der Waals surface area (Å²) in [5.41, 5.74) is 0. The van der Waals surface area contributed by atoms with Gasteiger partial charge in [-0.25, -0.2) is 4.98 Å². The van der Waals surface area contributed by atoms with Gasteiger partial charge in [-0.1, -0.05) is 6.07 Å². The van der Waals surface area contributed by atoms with Gasteiger partial charge in [0.15, 0.2) is 0 Å². The maximum Gasteiger partial charge on any atom is 0.221 e. The number of carbonyl (C=O) groups excluding carboxylic acids is 1. The van der Waals surface area contributed by atoms with Crippen molar-refractivity contribution in [1.29, 1.82) is 0 Å². The number of anilines is 1. The smallest absolute Gasteiger partial charge is 0.221 e. The third-order valence-electron chi connectivity index (χ3n) is 2.34. The molecule has 1 aromatic heterocycles. The average Bonchev–Trinajstić information content (AvgIpc) is 2.43. The first-order valence-corrected chi connectivity index (χ1v) is 5.69. The van der Waals surface area contributed by atoms with Gasteiger partial charge in [0.25, 0.3) is 0 Å². The molecule has 1 fully saturated rings. The van der Waals surface area contributed by atoms with E-state index in [1.807, 2.05) is 18.2 Å². The molecular formula is C10H12BrN3O. The molecule has 1 N–H and O–H groups in total. The third-order valence-corrected chi connectivity index (χ3v) is 2.78. The van der Waals surface area contributed by atoms with Crippen LogP contribution in [-0.2, 0) is 4.79 Å². The zero-order chi connectivity index (χ0) is 10.7. The lowest BCUT2D eigenvalue weighted by atomic mass is 10.3. The fraction of sp³-hybridized carbons (Fsp3) is 0.400. The van der Waals surface area contributed by atoms with Crippen LogP contribution in [0.15, 0.2) is 22.8 Å². The molecule has 1 saturated heterocycles. The highest BCUT2D eigenvalue weighted by Crippen LogP contribution is 2.15. The molecule has 15 heavy (non-hydrogen) atoms. The minimum absolute atomic E-state index is 0.118. The Morgan fingerprint density at radius 1 is 1.40 bits per heavy atom. The molecule has 1 aliphatic rings. The summed E-state index contributed by atoms with van der Waals surface area (Å²) in [5, 5.41) is 2.84. The number of hydrogen-bond donors (Lipinski definition) is 1. The fourth-order valence-corrected chi connectivity index (χ4v) is 1.90. The Morgan fingerprint density at radius 2 is 2.27 bits per heavy atom. The highest BCUT2D eigenvalue weighted by molar-refractivity contribution is 9.10. The molecule has 0 aromatic carbocycles. The first-order valence-electron chi connectivity index (χ1n) is 4.90. The molecule has 1 amide bonds. The van der Waals surface area contributed by atoms with Crippen LogP contribution in [0.3, 0.4) is 0 Å². The van der Waals surface area contributed by atoms with E-state index in [4.69, 9.17) is 0 Å². The van der Waals surface area contributed by atoms with Crippen molar-refractivity contribution in [2.75, 3.05) is 24.5 Å². The molecule has 2 heterocycles. The van der Waals surface area contributed by atoms with Crippen LogP contribution >= 0.6 is 15.9 Å². The van der Waals surface area contributed by atoms with E-state index in [1.54, 1.807) is 0 Å². The monoisotopic (exact) mass is 269 g/mol. The van der Waals surface area contributed by atoms with Crippen LogP contribution in [0.1, 0.15) is 6.42 Å². The molecule has 5 heteroatoms. The number of hydrogen-bond acceptors (Lipinski definition) is 3. The Balaban J connectivity index is 2.13. The van der Waals surface area contributed by atoms with Gasteiger partial charge in [-0.15, -0.1) is 0 Å². The van der Waals surface area contributed by atoms with Gasteiger partial charge in [0.05, 0.1) is 0 Å². The molecular weight excluding hydrogens is 258 g/mol. The van der Waals surface area contributed by atoms with Gasteiger partial charge in [-0.3, -0.25) is 4.79 Å². The average molecular weight is 270 g/mol. The molecule has 4 nitrogen and oxygen atoms in total. The summed E-state index contributed by atoms with van der Waals surface area (Å²) >= 11 is 3.34. The van der Waals surface area contributed by atoms with E-state index in [0.29, 0.717) is 13.0 Å². The van der Waals surface area contributed by atoms with Crippen molar-refractivity contribution in [2.24, 2.45) is 0 Å².